The second-order valence-corrected chi connectivity index (χ2v) is 5.83. The van der Waals surface area contributed by atoms with E-state index in [1.807, 2.05) is 0 Å². The normalized spacial score (nSPS) is 12.7. The summed E-state index contributed by atoms with van der Waals surface area (Å²) in [6, 6.07) is 8.32. The second kappa shape index (κ2) is 8.85. The summed E-state index contributed by atoms with van der Waals surface area (Å²) in [4.78, 5) is 12.6. The summed E-state index contributed by atoms with van der Waals surface area (Å²) < 4.78 is 62.8. The van der Waals surface area contributed by atoms with E-state index in [1.165, 1.54) is 26.4 Å². The highest BCUT2D eigenvalue weighted by molar-refractivity contribution is 5.61. The molecule has 0 bridgehead atoms. The zero-order chi connectivity index (χ0) is 20.0. The third kappa shape index (κ3) is 5.68. The molecule has 0 aliphatic carbocycles. The van der Waals surface area contributed by atoms with Crippen LogP contribution in [0, 0.1) is 5.82 Å². The van der Waals surface area contributed by atoms with Crippen LogP contribution in [-0.2, 0) is 11.3 Å². The number of rotatable bonds is 8. The molecular weight excluding hydrogens is 366 g/mol. The van der Waals surface area contributed by atoms with E-state index in [9.17, 15) is 22.4 Å². The molecule has 0 aliphatic rings. The van der Waals surface area contributed by atoms with Crippen LogP contribution in [0.1, 0.15) is 17.2 Å². The van der Waals surface area contributed by atoms with Gasteiger partial charge in [-0.05, 0) is 23.8 Å². The average molecular weight is 385 g/mol. The molecule has 0 saturated heterocycles. The largest absolute Gasteiger partial charge is 0.497 e. The molecule has 27 heavy (non-hydrogen) atoms. The summed E-state index contributed by atoms with van der Waals surface area (Å²) in [5, 5.41) is 0. The molecule has 2 rings (SSSR count). The molecule has 0 saturated carbocycles. The lowest BCUT2D eigenvalue weighted by Crippen LogP contribution is -2.37. The van der Waals surface area contributed by atoms with Crippen molar-refractivity contribution in [3.63, 3.8) is 0 Å². The summed E-state index contributed by atoms with van der Waals surface area (Å²) in [5.41, 5.74) is 0.722. The Hall–Kier alpha value is -2.61. The Labute approximate surface area is 154 Å². The summed E-state index contributed by atoms with van der Waals surface area (Å²) in [5.74, 6) is 0.288. The molecule has 4 nitrogen and oxygen atoms in total. The predicted octanol–water partition coefficient (Wildman–Crippen LogP) is 4.15. The molecule has 0 aromatic heterocycles. The number of hydrogen-bond acceptors (Lipinski definition) is 4. The Kier molecular flexibility index (Phi) is 6.79. The third-order valence-corrected chi connectivity index (χ3v) is 3.98. The number of methoxy groups -OCH3 is 2. The van der Waals surface area contributed by atoms with Crippen LogP contribution in [0.2, 0.25) is 0 Å². The Morgan fingerprint density at radius 3 is 2.26 bits per heavy atom. The van der Waals surface area contributed by atoms with Crippen LogP contribution in [0.4, 0.5) is 17.6 Å². The van der Waals surface area contributed by atoms with Crippen molar-refractivity contribution in [1.82, 2.24) is 4.90 Å². The molecule has 0 heterocycles. The molecule has 1 atom stereocenters. The molecule has 146 valence electrons. The number of alkyl halides is 3. The van der Waals surface area contributed by atoms with Crippen molar-refractivity contribution in [3.05, 3.63) is 59.4 Å². The molecule has 0 N–H and O–H groups in total. The summed E-state index contributed by atoms with van der Waals surface area (Å²) >= 11 is 0. The lowest BCUT2D eigenvalue weighted by Gasteiger charge is -2.29. The minimum Gasteiger partial charge on any atom is -0.497 e. The Morgan fingerprint density at radius 2 is 1.74 bits per heavy atom. The molecule has 0 amide bonds. The zero-order valence-electron chi connectivity index (χ0n) is 14.8. The first-order valence-corrected chi connectivity index (χ1v) is 8.00. The zero-order valence-corrected chi connectivity index (χ0v) is 14.8. The van der Waals surface area contributed by atoms with Crippen molar-refractivity contribution < 1.29 is 31.8 Å². The molecule has 8 heteroatoms. The van der Waals surface area contributed by atoms with Gasteiger partial charge >= 0.3 is 6.18 Å². The number of carbonyl (C=O) groups excluding carboxylic acids is 1. The maximum absolute atomic E-state index is 13.1. The van der Waals surface area contributed by atoms with Crippen LogP contribution in [0.5, 0.6) is 11.5 Å². The van der Waals surface area contributed by atoms with Gasteiger partial charge in [0.1, 0.15) is 23.6 Å². The van der Waals surface area contributed by atoms with Crippen LogP contribution in [0.3, 0.4) is 0 Å². The number of aldehydes is 1. The van der Waals surface area contributed by atoms with E-state index in [0.29, 0.717) is 23.3 Å². The quantitative estimate of drug-likeness (QED) is 0.506. The van der Waals surface area contributed by atoms with Gasteiger partial charge in [-0.25, -0.2) is 4.39 Å². The van der Waals surface area contributed by atoms with Crippen LogP contribution < -0.4 is 9.47 Å². The first-order chi connectivity index (χ1) is 12.8. The minimum atomic E-state index is -4.53. The number of carbonyl (C=O) groups is 1. The highest BCUT2D eigenvalue weighted by Gasteiger charge is 2.35. The first kappa shape index (κ1) is 20.7. The van der Waals surface area contributed by atoms with E-state index in [-0.39, 0.29) is 12.1 Å². The highest BCUT2D eigenvalue weighted by Crippen LogP contribution is 2.31. The fourth-order valence-corrected chi connectivity index (χ4v) is 2.72. The highest BCUT2D eigenvalue weighted by atomic mass is 19.4. The number of ether oxygens (including phenoxy) is 2. The van der Waals surface area contributed by atoms with Crippen molar-refractivity contribution in [2.45, 2.75) is 18.8 Å². The third-order valence-electron chi connectivity index (χ3n) is 3.98. The maximum Gasteiger partial charge on any atom is 0.401 e. The summed E-state index contributed by atoms with van der Waals surface area (Å²) in [6.45, 7) is -1.52. The molecule has 0 unspecified atom stereocenters. The minimum absolute atomic E-state index is 0.201. The first-order valence-electron chi connectivity index (χ1n) is 8.00. The molecule has 0 fully saturated rings. The second-order valence-electron chi connectivity index (χ2n) is 5.83. The molecule has 0 spiro atoms. The van der Waals surface area contributed by atoms with E-state index in [1.54, 1.807) is 18.2 Å². The average Bonchev–Trinajstić information content (AvgIpc) is 2.62. The smallest absolute Gasteiger partial charge is 0.401 e. The van der Waals surface area contributed by atoms with E-state index >= 15 is 0 Å². The van der Waals surface area contributed by atoms with Crippen LogP contribution in [-0.4, -0.2) is 38.1 Å². The van der Waals surface area contributed by atoms with Crippen LogP contribution in [0.25, 0.3) is 0 Å². The number of hydrogen-bond donors (Lipinski definition) is 0. The summed E-state index contributed by atoms with van der Waals surface area (Å²) in [7, 11) is 2.85. The lowest BCUT2D eigenvalue weighted by molar-refractivity contribution is -0.154. The van der Waals surface area contributed by atoms with Gasteiger partial charge in [-0.15, -0.1) is 0 Å². The van der Waals surface area contributed by atoms with E-state index in [0.717, 1.165) is 17.0 Å². The number of nitrogens with zero attached hydrogens (tertiary/aromatic N) is 1. The molecule has 0 radical (unpaired) electrons. The van der Waals surface area contributed by atoms with E-state index in [4.69, 9.17) is 9.47 Å². The van der Waals surface area contributed by atoms with Crippen molar-refractivity contribution >= 4 is 6.29 Å². The van der Waals surface area contributed by atoms with Gasteiger partial charge in [-0.2, -0.15) is 13.2 Å². The summed E-state index contributed by atoms with van der Waals surface area (Å²) in [6.07, 6.45) is -4.12. The van der Waals surface area contributed by atoms with Crippen molar-refractivity contribution in [1.29, 1.82) is 0 Å². The molecule has 2 aromatic rings. The lowest BCUT2D eigenvalue weighted by atomic mass is 10.0. The molecular formula is C19H19F4NO3. The monoisotopic (exact) mass is 385 g/mol. The van der Waals surface area contributed by atoms with Gasteiger partial charge < -0.3 is 14.3 Å². The van der Waals surface area contributed by atoms with Gasteiger partial charge in [-0.3, -0.25) is 4.90 Å². The Bertz CT molecular complexity index is 763. The number of benzene rings is 2. The fraction of sp³-hybridized carbons (Fsp3) is 0.316. The van der Waals surface area contributed by atoms with Gasteiger partial charge in [0.2, 0.25) is 0 Å². The van der Waals surface area contributed by atoms with Gasteiger partial charge in [-0.1, -0.05) is 18.2 Å². The molecule has 2 aromatic carbocycles. The van der Waals surface area contributed by atoms with Crippen molar-refractivity contribution in [2.24, 2.45) is 0 Å². The van der Waals surface area contributed by atoms with Crippen molar-refractivity contribution in [2.75, 3.05) is 20.8 Å². The fourth-order valence-electron chi connectivity index (χ4n) is 2.72. The SMILES string of the molecule is COc1ccc(CN(CC(F)(F)F)[C@H](C=O)c2ccc(F)cc2)c(OC)c1. The van der Waals surface area contributed by atoms with E-state index < -0.39 is 24.6 Å². The van der Waals surface area contributed by atoms with Crippen LogP contribution >= 0.6 is 0 Å². The predicted molar refractivity (Wildman–Crippen MR) is 91.2 cm³/mol. The molecule has 0 aliphatic heterocycles. The number of halogens is 4. The van der Waals surface area contributed by atoms with Crippen molar-refractivity contribution in [3.8, 4) is 11.5 Å². The van der Waals surface area contributed by atoms with Crippen LogP contribution in [0.15, 0.2) is 42.5 Å². The van der Waals surface area contributed by atoms with E-state index in [2.05, 4.69) is 0 Å². The maximum atomic E-state index is 13.1. The van der Waals surface area contributed by atoms with Gasteiger partial charge in [0.05, 0.1) is 26.8 Å². The topological polar surface area (TPSA) is 38.8 Å². The van der Waals surface area contributed by atoms with Gasteiger partial charge in [0, 0.05) is 18.2 Å². The van der Waals surface area contributed by atoms with Gasteiger partial charge in [0.25, 0.3) is 0 Å². The Balaban J connectivity index is 2.39. The Morgan fingerprint density at radius 1 is 1.07 bits per heavy atom. The standard InChI is InChI=1S/C19H19F4NO3/c1-26-16-8-5-14(18(9-16)27-2)10-24(12-19(21,22)23)17(11-25)13-3-6-15(20)7-4-13/h3-9,11,17H,10,12H2,1-2H3/t17-/m1/s1. The van der Waals surface area contributed by atoms with Gasteiger partial charge in [0.15, 0.2) is 0 Å².